The monoisotopic (exact) mass is 104 g/mol. The summed E-state index contributed by atoms with van der Waals surface area (Å²) in [6.07, 6.45) is 0. The highest BCUT2D eigenvalue weighted by atomic mass is 16.3. The Labute approximate surface area is 43.5 Å². The molecule has 3 nitrogen and oxygen atoms in total. The van der Waals surface area contributed by atoms with Crippen molar-refractivity contribution in [3.05, 3.63) is 0 Å². The van der Waals surface area contributed by atoms with Crippen LogP contribution in [0, 0.1) is 0 Å². The molecular weight excluding hydrogens is 92.1 g/mol. The molecule has 3 heteroatoms. The molecule has 0 amide bonds. The minimum atomic E-state index is 0.0123. The Morgan fingerprint density at radius 2 is 2.43 bits per heavy atom. The van der Waals surface area contributed by atoms with Crippen LogP contribution in [-0.2, 0) is 0 Å². The van der Waals surface area contributed by atoms with Crippen LogP contribution in [0.15, 0.2) is 0 Å². The molecule has 0 bridgehead atoms. The lowest BCUT2D eigenvalue weighted by Gasteiger charge is -2.05. The van der Waals surface area contributed by atoms with Crippen LogP contribution in [0.3, 0.4) is 0 Å². The number of aliphatic hydroxyl groups is 1. The normalized spacial score (nSPS) is 14.1. The Balaban J connectivity index is 2.83. The summed E-state index contributed by atoms with van der Waals surface area (Å²) in [6.45, 7) is 2.50. The Morgan fingerprint density at radius 1 is 1.86 bits per heavy atom. The van der Waals surface area contributed by atoms with Crippen LogP contribution < -0.4 is 11.1 Å². The first-order chi connectivity index (χ1) is 3.31. The van der Waals surface area contributed by atoms with E-state index in [9.17, 15) is 0 Å². The fraction of sp³-hybridized carbons (Fsp3) is 1.00. The molecule has 4 N–H and O–H groups in total. The Bertz CT molecular complexity index is 40.7. The standard InChI is InChI=1S/C4H12N2O/c1-4(2-5)6-3-7/h4,6-7H,2-3,5H2,1H3. The molecule has 0 spiro atoms. The van der Waals surface area contributed by atoms with Crippen molar-refractivity contribution in [2.24, 2.45) is 5.73 Å². The van der Waals surface area contributed by atoms with Crippen molar-refractivity contribution in [1.82, 2.24) is 5.32 Å². The number of nitrogens with two attached hydrogens (primary N) is 1. The van der Waals surface area contributed by atoms with Crippen LogP contribution in [0.25, 0.3) is 0 Å². The fourth-order valence-corrected chi connectivity index (χ4v) is 0.239. The van der Waals surface area contributed by atoms with Crippen LogP contribution in [-0.4, -0.2) is 24.4 Å². The van der Waals surface area contributed by atoms with Gasteiger partial charge in [-0.1, -0.05) is 0 Å². The second kappa shape index (κ2) is 4.05. The van der Waals surface area contributed by atoms with Gasteiger partial charge in [-0.05, 0) is 6.92 Å². The van der Waals surface area contributed by atoms with Gasteiger partial charge in [0.1, 0.15) is 0 Å². The zero-order chi connectivity index (χ0) is 5.70. The van der Waals surface area contributed by atoms with Crippen LogP contribution in [0.2, 0.25) is 0 Å². The number of rotatable bonds is 3. The van der Waals surface area contributed by atoms with Gasteiger partial charge < -0.3 is 10.8 Å². The highest BCUT2D eigenvalue weighted by Gasteiger charge is 1.91. The summed E-state index contributed by atoms with van der Waals surface area (Å²) in [7, 11) is 0. The second-order valence-corrected chi connectivity index (χ2v) is 1.50. The average molecular weight is 104 g/mol. The van der Waals surface area contributed by atoms with Crippen LogP contribution in [0.1, 0.15) is 6.92 Å². The number of hydrogen-bond donors (Lipinski definition) is 3. The first kappa shape index (κ1) is 6.88. The molecule has 0 heterocycles. The maximum Gasteiger partial charge on any atom is 0.0933 e. The lowest BCUT2D eigenvalue weighted by Crippen LogP contribution is -2.33. The van der Waals surface area contributed by atoms with Gasteiger partial charge in [0.25, 0.3) is 0 Å². The van der Waals surface area contributed by atoms with Crippen molar-refractivity contribution >= 4 is 0 Å². The lowest BCUT2D eigenvalue weighted by molar-refractivity contribution is 0.246. The molecule has 0 aliphatic carbocycles. The van der Waals surface area contributed by atoms with E-state index in [1.165, 1.54) is 0 Å². The first-order valence-corrected chi connectivity index (χ1v) is 2.35. The Morgan fingerprint density at radius 3 is 2.57 bits per heavy atom. The third-order valence-electron chi connectivity index (χ3n) is 0.793. The maximum atomic E-state index is 8.20. The van der Waals surface area contributed by atoms with Gasteiger partial charge in [0.05, 0.1) is 6.73 Å². The van der Waals surface area contributed by atoms with Gasteiger partial charge in [-0.2, -0.15) is 0 Å². The van der Waals surface area contributed by atoms with Crippen molar-refractivity contribution in [3.8, 4) is 0 Å². The Hall–Kier alpha value is -0.120. The predicted octanol–water partition coefficient (Wildman–Crippen LogP) is -1.13. The van der Waals surface area contributed by atoms with Gasteiger partial charge in [0.2, 0.25) is 0 Å². The van der Waals surface area contributed by atoms with Crippen molar-refractivity contribution < 1.29 is 5.11 Å². The van der Waals surface area contributed by atoms with Crippen LogP contribution in [0.5, 0.6) is 0 Å². The van der Waals surface area contributed by atoms with Gasteiger partial charge in [0.15, 0.2) is 0 Å². The molecule has 0 saturated carbocycles. The summed E-state index contributed by atoms with van der Waals surface area (Å²) in [5.74, 6) is 0. The van der Waals surface area contributed by atoms with Crippen molar-refractivity contribution in [3.63, 3.8) is 0 Å². The lowest BCUT2D eigenvalue weighted by atomic mass is 10.4. The molecule has 0 aliphatic heterocycles. The van der Waals surface area contributed by atoms with E-state index in [0.717, 1.165) is 0 Å². The van der Waals surface area contributed by atoms with Crippen molar-refractivity contribution in [1.29, 1.82) is 0 Å². The van der Waals surface area contributed by atoms with Crippen LogP contribution >= 0.6 is 0 Å². The number of nitrogens with one attached hydrogen (secondary N) is 1. The minimum Gasteiger partial charge on any atom is -0.381 e. The second-order valence-electron chi connectivity index (χ2n) is 1.50. The zero-order valence-corrected chi connectivity index (χ0v) is 4.52. The summed E-state index contributed by atoms with van der Waals surface area (Å²) < 4.78 is 0. The zero-order valence-electron chi connectivity index (χ0n) is 4.52. The largest absolute Gasteiger partial charge is 0.381 e. The van der Waals surface area contributed by atoms with Gasteiger partial charge in [-0.3, -0.25) is 5.32 Å². The van der Waals surface area contributed by atoms with E-state index in [-0.39, 0.29) is 12.8 Å². The molecule has 44 valence electrons. The molecule has 0 aromatic carbocycles. The highest BCUT2D eigenvalue weighted by Crippen LogP contribution is 1.69. The smallest absolute Gasteiger partial charge is 0.0933 e. The van der Waals surface area contributed by atoms with Gasteiger partial charge in [-0.25, -0.2) is 0 Å². The molecule has 0 fully saturated rings. The number of aliphatic hydroxyl groups excluding tert-OH is 1. The molecule has 0 aliphatic rings. The summed E-state index contributed by atoms with van der Waals surface area (Å²) in [6, 6.07) is 0.227. The van der Waals surface area contributed by atoms with E-state index in [0.29, 0.717) is 6.54 Å². The van der Waals surface area contributed by atoms with Gasteiger partial charge >= 0.3 is 0 Å². The molecule has 0 aromatic rings. The first-order valence-electron chi connectivity index (χ1n) is 2.35. The molecule has 0 radical (unpaired) electrons. The quantitative estimate of drug-likeness (QED) is 0.397. The average Bonchev–Trinajstić information content (AvgIpc) is 1.68. The highest BCUT2D eigenvalue weighted by molar-refractivity contribution is 4.55. The van der Waals surface area contributed by atoms with E-state index >= 15 is 0 Å². The molecule has 1 unspecified atom stereocenters. The van der Waals surface area contributed by atoms with Crippen molar-refractivity contribution in [2.75, 3.05) is 13.3 Å². The summed E-state index contributed by atoms with van der Waals surface area (Å²) in [4.78, 5) is 0. The molecular formula is C4H12N2O. The topological polar surface area (TPSA) is 58.3 Å². The van der Waals surface area contributed by atoms with Crippen LogP contribution in [0.4, 0.5) is 0 Å². The van der Waals surface area contributed by atoms with Gasteiger partial charge in [-0.15, -0.1) is 0 Å². The maximum absolute atomic E-state index is 8.20. The van der Waals surface area contributed by atoms with Crippen molar-refractivity contribution in [2.45, 2.75) is 13.0 Å². The summed E-state index contributed by atoms with van der Waals surface area (Å²) >= 11 is 0. The van der Waals surface area contributed by atoms with E-state index < -0.39 is 0 Å². The third-order valence-corrected chi connectivity index (χ3v) is 0.793. The molecule has 0 rings (SSSR count). The van der Waals surface area contributed by atoms with E-state index in [4.69, 9.17) is 10.8 Å². The van der Waals surface area contributed by atoms with E-state index in [1.54, 1.807) is 0 Å². The summed E-state index contributed by atoms with van der Waals surface area (Å²) in [5, 5.41) is 10.9. The fourth-order valence-electron chi connectivity index (χ4n) is 0.239. The molecule has 1 atom stereocenters. The Kier molecular flexibility index (Phi) is 3.98. The predicted molar refractivity (Wildman–Crippen MR) is 28.7 cm³/mol. The van der Waals surface area contributed by atoms with E-state index in [1.807, 2.05) is 6.92 Å². The molecule has 0 aromatic heterocycles. The SMILES string of the molecule is CC(CN)NCO. The molecule has 7 heavy (non-hydrogen) atoms. The molecule has 0 saturated heterocycles. The van der Waals surface area contributed by atoms with Gasteiger partial charge in [0, 0.05) is 12.6 Å². The van der Waals surface area contributed by atoms with E-state index in [2.05, 4.69) is 5.32 Å². The summed E-state index contributed by atoms with van der Waals surface area (Å²) in [5.41, 5.74) is 5.18. The third kappa shape index (κ3) is 3.72. The minimum absolute atomic E-state index is 0.0123. The number of hydrogen-bond acceptors (Lipinski definition) is 3.